The van der Waals surface area contributed by atoms with Gasteiger partial charge in [-0.1, -0.05) is 108 Å². The quantitative estimate of drug-likeness (QED) is 0.0871. The summed E-state index contributed by atoms with van der Waals surface area (Å²) in [7, 11) is 0. The molecule has 1 nitrogen and oxygen atoms in total. The van der Waals surface area contributed by atoms with Crippen LogP contribution in [-0.4, -0.2) is 22.3 Å². The Balaban J connectivity index is 0. The molecule has 0 aliphatic rings. The molecule has 0 atom stereocenters. The summed E-state index contributed by atoms with van der Waals surface area (Å²) in [5.41, 5.74) is 0. The molecule has 0 aliphatic heterocycles. The van der Waals surface area contributed by atoms with Crippen molar-refractivity contribution in [2.45, 2.75) is 117 Å². The molecule has 4 heteroatoms. The predicted molar refractivity (Wildman–Crippen MR) is 117 cm³/mol. The van der Waals surface area contributed by atoms with Gasteiger partial charge in [0.05, 0.1) is 0 Å². The van der Waals surface area contributed by atoms with Crippen molar-refractivity contribution in [3.05, 3.63) is 0 Å². The second kappa shape index (κ2) is 22.9. The summed E-state index contributed by atoms with van der Waals surface area (Å²) in [6, 6.07) is 0. The van der Waals surface area contributed by atoms with Crippen molar-refractivity contribution in [2.24, 2.45) is 0 Å². The summed E-state index contributed by atoms with van der Waals surface area (Å²) in [4.78, 5) is 2.26. The zero-order valence-corrected chi connectivity index (χ0v) is 19.9. The molecule has 0 aromatic heterocycles. The zero-order valence-electron chi connectivity index (χ0n) is 16.8. The molecule has 0 unspecified atom stereocenters. The van der Waals surface area contributed by atoms with Crippen molar-refractivity contribution in [2.75, 3.05) is 13.1 Å². The van der Waals surface area contributed by atoms with Crippen LogP contribution in [0.1, 0.15) is 117 Å². The van der Waals surface area contributed by atoms with Gasteiger partial charge in [0, 0.05) is 13.1 Å². The van der Waals surface area contributed by atoms with Gasteiger partial charge in [0.25, 0.3) is 0 Å². The molecule has 0 aliphatic carbocycles. The minimum Gasteiger partial charge on any atom is -0.411 e. The van der Waals surface area contributed by atoms with Gasteiger partial charge in [-0.15, -0.1) is 0 Å². The molecule has 0 saturated carbocycles. The number of hydrogen-bond acceptors (Lipinski definition) is 2. The molecule has 0 aromatic rings. The predicted octanol–water partition coefficient (Wildman–Crippen LogP) is 7.40. The molecule has 25 heavy (non-hydrogen) atoms. The van der Waals surface area contributed by atoms with E-state index in [0.29, 0.717) is 4.32 Å². The van der Waals surface area contributed by atoms with E-state index in [2.05, 4.69) is 18.7 Å². The van der Waals surface area contributed by atoms with Crippen molar-refractivity contribution in [3.63, 3.8) is 0 Å². The largest absolute Gasteiger partial charge is 1.00 e. The van der Waals surface area contributed by atoms with Gasteiger partial charge in [-0.25, -0.2) is 0 Å². The maximum atomic E-state index is 5.25. The monoisotopic (exact) mass is 479 g/mol. The van der Waals surface area contributed by atoms with E-state index in [4.69, 9.17) is 24.8 Å². The van der Waals surface area contributed by atoms with E-state index < -0.39 is 0 Å². The van der Waals surface area contributed by atoms with Gasteiger partial charge in [-0.05, 0) is 12.8 Å². The van der Waals surface area contributed by atoms with Crippen molar-refractivity contribution in [1.82, 2.24) is 4.90 Å². The first-order valence-electron chi connectivity index (χ1n) is 10.7. The minimum absolute atomic E-state index is 0. The van der Waals surface area contributed by atoms with Gasteiger partial charge in [-0.3, -0.25) is 0 Å². The maximum absolute atomic E-state index is 5.25. The molecule has 0 rings (SSSR count). The Morgan fingerprint density at radius 2 is 0.880 bits per heavy atom. The van der Waals surface area contributed by atoms with Gasteiger partial charge in [-0.2, -0.15) is 0 Å². The molecule has 0 amide bonds. The number of thiocarbonyl (C=S) groups is 1. The van der Waals surface area contributed by atoms with Crippen molar-refractivity contribution < 1.29 is 22.4 Å². The van der Waals surface area contributed by atoms with Crippen LogP contribution >= 0.6 is 12.2 Å². The van der Waals surface area contributed by atoms with Gasteiger partial charge < -0.3 is 29.7 Å². The first-order valence-corrected chi connectivity index (χ1v) is 11.5. The van der Waals surface area contributed by atoms with Crippen LogP contribution in [0.15, 0.2) is 0 Å². The van der Waals surface area contributed by atoms with Crippen LogP contribution in [0.2, 0.25) is 0 Å². The topological polar surface area (TPSA) is 3.24 Å². The number of nitrogens with zero attached hydrogens (tertiary/aromatic N) is 1. The Labute approximate surface area is 185 Å². The van der Waals surface area contributed by atoms with Crippen LogP contribution in [0, 0.1) is 0 Å². The van der Waals surface area contributed by atoms with E-state index in [0.717, 1.165) is 13.1 Å². The minimum atomic E-state index is 0. The van der Waals surface area contributed by atoms with Crippen LogP contribution in [0.25, 0.3) is 0 Å². The summed E-state index contributed by atoms with van der Waals surface area (Å²) in [6.07, 6.45) is 21.8. The van der Waals surface area contributed by atoms with E-state index in [1.165, 1.54) is 103 Å². The maximum Gasteiger partial charge on any atom is 1.00 e. The molecule has 0 spiro atoms. The summed E-state index contributed by atoms with van der Waals surface area (Å²) in [6.45, 7) is 6.71. The zero-order chi connectivity index (χ0) is 17.9. The molecule has 0 N–H and O–H groups in total. The fourth-order valence-corrected chi connectivity index (χ4v) is 3.53. The van der Waals surface area contributed by atoms with Crippen LogP contribution in [0.3, 0.4) is 0 Å². The van der Waals surface area contributed by atoms with Gasteiger partial charge in [0.2, 0.25) is 0 Å². The molecule has 0 bridgehead atoms. The summed E-state index contributed by atoms with van der Waals surface area (Å²) in [5.74, 6) is 0. The Kier molecular flexibility index (Phi) is 25.7. The smallest absolute Gasteiger partial charge is 0.411 e. The Morgan fingerprint density at radius 3 is 1.16 bits per heavy atom. The standard InChI is InChI=1S/C21H43NS2.Ag/c1-3-5-7-9-11-13-15-17-19-22(21(23)24)20-18-16-14-12-10-8-6-4-2;/h3-20H2,1-2H3,(H,23,24);/q;+1/p-1. The van der Waals surface area contributed by atoms with E-state index in [1.54, 1.807) is 0 Å². The summed E-state index contributed by atoms with van der Waals surface area (Å²) >= 11 is 10.5. The van der Waals surface area contributed by atoms with Gasteiger partial charge >= 0.3 is 22.4 Å². The average Bonchev–Trinajstić information content (AvgIpc) is 2.57. The molecule has 0 heterocycles. The Morgan fingerprint density at radius 1 is 0.600 bits per heavy atom. The van der Waals surface area contributed by atoms with Crippen molar-refractivity contribution in [1.29, 1.82) is 0 Å². The fraction of sp³-hybridized carbons (Fsp3) is 0.952. The van der Waals surface area contributed by atoms with Crippen LogP contribution in [0.4, 0.5) is 0 Å². The first kappa shape index (κ1) is 28.1. The SMILES string of the molecule is CCCCCCCCCCN(CCCCCCCCCC)C(=S)[S-].[Ag+]. The molecule has 0 fully saturated rings. The molecule has 0 radical (unpaired) electrons. The molecular weight excluding hydrogens is 438 g/mol. The molecule has 0 aromatic carbocycles. The second-order valence-electron chi connectivity index (χ2n) is 7.20. The Bertz CT molecular complexity index is 255. The van der Waals surface area contributed by atoms with Gasteiger partial charge in [0.1, 0.15) is 0 Å². The van der Waals surface area contributed by atoms with Gasteiger partial charge in [0.15, 0.2) is 0 Å². The molecule has 154 valence electrons. The fourth-order valence-electron chi connectivity index (χ4n) is 3.17. The van der Waals surface area contributed by atoms with E-state index in [-0.39, 0.29) is 22.4 Å². The first-order chi connectivity index (χ1) is 11.7. The van der Waals surface area contributed by atoms with Crippen LogP contribution in [0.5, 0.6) is 0 Å². The normalized spacial score (nSPS) is 10.5. The second-order valence-corrected chi connectivity index (χ2v) is 8.23. The number of rotatable bonds is 18. The van der Waals surface area contributed by atoms with Crippen molar-refractivity contribution >= 4 is 29.2 Å². The summed E-state index contributed by atoms with van der Waals surface area (Å²) < 4.78 is 0.681. The third-order valence-electron chi connectivity index (χ3n) is 4.82. The van der Waals surface area contributed by atoms with Crippen LogP contribution in [-0.2, 0) is 35.0 Å². The Hall–Kier alpha value is 0.850. The molecule has 0 saturated heterocycles. The average molecular weight is 481 g/mol. The van der Waals surface area contributed by atoms with E-state index >= 15 is 0 Å². The van der Waals surface area contributed by atoms with Crippen molar-refractivity contribution in [3.8, 4) is 0 Å². The number of unbranched alkanes of at least 4 members (excludes halogenated alkanes) is 14. The summed E-state index contributed by atoms with van der Waals surface area (Å²) in [5, 5.41) is 0. The number of hydrogen-bond donors (Lipinski definition) is 0. The third-order valence-corrected chi connectivity index (χ3v) is 5.34. The third kappa shape index (κ3) is 21.0. The molecular formula is C21H42AgNS2. The van der Waals surface area contributed by atoms with Crippen LogP contribution < -0.4 is 0 Å². The van der Waals surface area contributed by atoms with E-state index in [1.807, 2.05) is 0 Å². The van der Waals surface area contributed by atoms with E-state index in [9.17, 15) is 0 Å².